The van der Waals surface area contributed by atoms with Crippen molar-refractivity contribution >= 4 is 16.9 Å². The molecule has 3 heterocycles. The molecule has 2 aromatic rings. The van der Waals surface area contributed by atoms with Crippen LogP contribution < -0.4 is 4.90 Å². The zero-order valence-corrected chi connectivity index (χ0v) is 9.61. The van der Waals surface area contributed by atoms with Crippen LogP contribution in [0.25, 0.3) is 11.0 Å². The van der Waals surface area contributed by atoms with Crippen LogP contribution in [-0.4, -0.2) is 28.0 Å². The van der Waals surface area contributed by atoms with Gasteiger partial charge in [0.2, 0.25) is 0 Å². The lowest BCUT2D eigenvalue weighted by atomic mass is 10.1. The number of rotatable bonds is 1. The lowest BCUT2D eigenvalue weighted by Crippen LogP contribution is -2.30. The summed E-state index contributed by atoms with van der Waals surface area (Å²) >= 11 is 0. The SMILES string of the molecule is C#Cc1c[nH]c2ncnc(N3CCCCC3)c12. The molecule has 1 aliphatic rings. The van der Waals surface area contributed by atoms with Crippen LogP contribution in [0.2, 0.25) is 0 Å². The molecule has 0 saturated carbocycles. The highest BCUT2D eigenvalue weighted by atomic mass is 15.2. The van der Waals surface area contributed by atoms with Crippen LogP contribution >= 0.6 is 0 Å². The molecule has 4 heteroatoms. The zero-order valence-electron chi connectivity index (χ0n) is 9.61. The van der Waals surface area contributed by atoms with Crippen LogP contribution in [0, 0.1) is 12.3 Å². The normalized spacial score (nSPS) is 16.1. The van der Waals surface area contributed by atoms with E-state index in [-0.39, 0.29) is 0 Å². The Morgan fingerprint density at radius 1 is 1.24 bits per heavy atom. The van der Waals surface area contributed by atoms with Gasteiger partial charge in [0.1, 0.15) is 17.8 Å². The quantitative estimate of drug-likeness (QED) is 0.756. The standard InChI is InChI=1S/C13H14N4/c1-2-10-8-14-12-11(10)13(16-9-15-12)17-6-4-3-5-7-17/h1,8-9H,3-7H2,(H,14,15,16). The van der Waals surface area contributed by atoms with Crippen molar-refractivity contribution in [3.8, 4) is 12.3 Å². The van der Waals surface area contributed by atoms with Gasteiger partial charge in [0.15, 0.2) is 0 Å². The third-order valence-electron chi connectivity index (χ3n) is 3.26. The Bertz CT molecular complexity index is 573. The van der Waals surface area contributed by atoms with Crippen molar-refractivity contribution in [2.45, 2.75) is 19.3 Å². The monoisotopic (exact) mass is 226 g/mol. The maximum absolute atomic E-state index is 5.51. The third kappa shape index (κ3) is 1.64. The van der Waals surface area contributed by atoms with Gasteiger partial charge in [0, 0.05) is 19.3 Å². The maximum Gasteiger partial charge on any atom is 0.144 e. The molecule has 1 fully saturated rings. The Labute approximate surface area is 100 Å². The Kier molecular flexibility index (Phi) is 2.45. The largest absolute Gasteiger partial charge is 0.356 e. The second-order valence-electron chi connectivity index (χ2n) is 4.32. The molecule has 0 amide bonds. The molecule has 1 saturated heterocycles. The molecular formula is C13H14N4. The smallest absolute Gasteiger partial charge is 0.144 e. The van der Waals surface area contributed by atoms with E-state index in [1.807, 2.05) is 6.20 Å². The first-order valence-corrected chi connectivity index (χ1v) is 5.94. The summed E-state index contributed by atoms with van der Waals surface area (Å²) in [6, 6.07) is 0. The van der Waals surface area contributed by atoms with Gasteiger partial charge in [-0.15, -0.1) is 6.42 Å². The second-order valence-corrected chi connectivity index (χ2v) is 4.32. The molecule has 0 atom stereocenters. The summed E-state index contributed by atoms with van der Waals surface area (Å²) < 4.78 is 0. The second kappa shape index (κ2) is 4.10. The number of piperidine rings is 1. The molecule has 0 aromatic carbocycles. The van der Waals surface area contributed by atoms with E-state index in [0.29, 0.717) is 0 Å². The fourth-order valence-electron chi connectivity index (χ4n) is 2.41. The van der Waals surface area contributed by atoms with Crippen molar-refractivity contribution in [2.24, 2.45) is 0 Å². The first-order valence-electron chi connectivity index (χ1n) is 5.94. The van der Waals surface area contributed by atoms with Crippen molar-refractivity contribution in [1.29, 1.82) is 0 Å². The van der Waals surface area contributed by atoms with Gasteiger partial charge in [-0.25, -0.2) is 9.97 Å². The Morgan fingerprint density at radius 3 is 2.82 bits per heavy atom. The number of nitrogens with one attached hydrogen (secondary N) is 1. The summed E-state index contributed by atoms with van der Waals surface area (Å²) in [5.41, 5.74) is 1.68. The van der Waals surface area contributed by atoms with Gasteiger partial charge in [-0.3, -0.25) is 0 Å². The van der Waals surface area contributed by atoms with Gasteiger partial charge in [-0.05, 0) is 19.3 Å². The lowest BCUT2D eigenvalue weighted by molar-refractivity contribution is 0.574. The van der Waals surface area contributed by atoms with Crippen molar-refractivity contribution in [1.82, 2.24) is 15.0 Å². The number of aromatic nitrogens is 3. The van der Waals surface area contributed by atoms with Crippen LogP contribution in [0.3, 0.4) is 0 Å². The van der Waals surface area contributed by atoms with Gasteiger partial charge in [-0.2, -0.15) is 0 Å². The summed E-state index contributed by atoms with van der Waals surface area (Å²) in [6.07, 6.45) is 12.7. The van der Waals surface area contributed by atoms with Crippen LogP contribution in [0.1, 0.15) is 24.8 Å². The molecule has 0 bridgehead atoms. The number of H-pyrrole nitrogens is 1. The summed E-state index contributed by atoms with van der Waals surface area (Å²) in [7, 11) is 0. The van der Waals surface area contributed by atoms with E-state index in [2.05, 4.69) is 25.8 Å². The Morgan fingerprint density at radius 2 is 2.06 bits per heavy atom. The van der Waals surface area contributed by atoms with E-state index < -0.39 is 0 Å². The highest BCUT2D eigenvalue weighted by Crippen LogP contribution is 2.27. The predicted molar refractivity (Wildman–Crippen MR) is 67.9 cm³/mol. The average molecular weight is 226 g/mol. The number of terminal acetylenes is 1. The van der Waals surface area contributed by atoms with Crippen LogP contribution in [-0.2, 0) is 0 Å². The molecule has 0 radical (unpaired) electrons. The first-order chi connectivity index (χ1) is 8.40. The molecule has 3 rings (SSSR count). The number of hydrogen-bond acceptors (Lipinski definition) is 3. The summed E-state index contributed by atoms with van der Waals surface area (Å²) in [6.45, 7) is 2.11. The van der Waals surface area contributed by atoms with Crippen molar-refractivity contribution in [2.75, 3.05) is 18.0 Å². The van der Waals surface area contributed by atoms with Crippen molar-refractivity contribution in [3.05, 3.63) is 18.1 Å². The third-order valence-corrected chi connectivity index (χ3v) is 3.26. The highest BCUT2D eigenvalue weighted by Gasteiger charge is 2.17. The minimum Gasteiger partial charge on any atom is -0.356 e. The molecule has 0 unspecified atom stereocenters. The predicted octanol–water partition coefficient (Wildman–Crippen LogP) is 1.93. The molecule has 1 aliphatic heterocycles. The zero-order chi connectivity index (χ0) is 11.7. The van der Waals surface area contributed by atoms with E-state index in [1.54, 1.807) is 6.33 Å². The van der Waals surface area contributed by atoms with Crippen LogP contribution in [0.4, 0.5) is 5.82 Å². The molecule has 0 spiro atoms. The topological polar surface area (TPSA) is 44.8 Å². The van der Waals surface area contributed by atoms with Crippen LogP contribution in [0.5, 0.6) is 0 Å². The molecule has 2 aromatic heterocycles. The fraction of sp³-hybridized carbons (Fsp3) is 0.385. The van der Waals surface area contributed by atoms with Gasteiger partial charge in [-0.1, -0.05) is 5.92 Å². The Balaban J connectivity index is 2.14. The van der Waals surface area contributed by atoms with Gasteiger partial charge in [0.25, 0.3) is 0 Å². The van der Waals surface area contributed by atoms with E-state index in [0.717, 1.165) is 35.5 Å². The fourth-order valence-corrected chi connectivity index (χ4v) is 2.41. The number of fused-ring (bicyclic) bond motifs is 1. The van der Waals surface area contributed by atoms with E-state index >= 15 is 0 Å². The van der Waals surface area contributed by atoms with Gasteiger partial charge < -0.3 is 9.88 Å². The number of nitrogens with zero attached hydrogens (tertiary/aromatic N) is 3. The number of aromatic amines is 1. The molecular weight excluding hydrogens is 212 g/mol. The molecule has 1 N–H and O–H groups in total. The molecule has 86 valence electrons. The lowest BCUT2D eigenvalue weighted by Gasteiger charge is -2.28. The first kappa shape index (κ1) is 10.2. The van der Waals surface area contributed by atoms with Crippen LogP contribution in [0.15, 0.2) is 12.5 Å². The minimum atomic E-state index is 0.827. The highest BCUT2D eigenvalue weighted by molar-refractivity contribution is 5.93. The van der Waals surface area contributed by atoms with Crippen molar-refractivity contribution in [3.63, 3.8) is 0 Å². The molecule has 0 aliphatic carbocycles. The van der Waals surface area contributed by atoms with E-state index in [1.165, 1.54) is 19.3 Å². The number of anilines is 1. The summed E-state index contributed by atoms with van der Waals surface area (Å²) in [4.78, 5) is 14.0. The van der Waals surface area contributed by atoms with E-state index in [9.17, 15) is 0 Å². The molecule has 17 heavy (non-hydrogen) atoms. The van der Waals surface area contributed by atoms with Gasteiger partial charge >= 0.3 is 0 Å². The van der Waals surface area contributed by atoms with E-state index in [4.69, 9.17) is 6.42 Å². The average Bonchev–Trinajstić information content (AvgIpc) is 2.82. The summed E-state index contributed by atoms with van der Waals surface area (Å²) in [5, 5.41) is 0.983. The van der Waals surface area contributed by atoms with Crippen molar-refractivity contribution < 1.29 is 0 Å². The van der Waals surface area contributed by atoms with Gasteiger partial charge in [0.05, 0.1) is 10.9 Å². The maximum atomic E-state index is 5.51. The molecule has 4 nitrogen and oxygen atoms in total. The number of hydrogen-bond donors (Lipinski definition) is 1. The minimum absolute atomic E-state index is 0.827. The summed E-state index contributed by atoms with van der Waals surface area (Å²) in [5.74, 6) is 3.67. The Hall–Kier alpha value is -2.02.